The number of hydrogen-bond donors (Lipinski definition) is 0. The molecule has 1 aliphatic rings. The third-order valence-electron chi connectivity index (χ3n) is 2.98. The summed E-state index contributed by atoms with van der Waals surface area (Å²) in [6.07, 6.45) is 6.35. The van der Waals surface area contributed by atoms with Crippen LogP contribution in [0.3, 0.4) is 0 Å². The van der Waals surface area contributed by atoms with Gasteiger partial charge in [-0.2, -0.15) is 0 Å². The second-order valence-electron chi connectivity index (χ2n) is 4.18. The van der Waals surface area contributed by atoms with Crippen molar-refractivity contribution >= 4 is 6.08 Å². The molecule has 84 valence electrons. The number of ether oxygens (including phenoxy) is 1. The van der Waals surface area contributed by atoms with Crippen molar-refractivity contribution in [3.8, 4) is 0 Å². The number of rotatable bonds is 3. The lowest BCUT2D eigenvalue weighted by Crippen LogP contribution is -2.19. The molecule has 2 rings (SSSR count). The largest absolute Gasteiger partial charge is 0.380 e. The van der Waals surface area contributed by atoms with Gasteiger partial charge in [0.1, 0.15) is 0 Å². The Hall–Kier alpha value is -1.34. The molecule has 0 saturated carbocycles. The van der Waals surface area contributed by atoms with Crippen LogP contribution < -0.4 is 0 Å². The zero-order chi connectivity index (χ0) is 11.2. The average molecular weight is 214 g/mol. The molecule has 0 bridgehead atoms. The SMILES string of the molecule is C=CCC1COCC/C1=C/c1ccccc1. The van der Waals surface area contributed by atoms with Crippen LogP contribution in [0.15, 0.2) is 48.6 Å². The number of hydrogen-bond acceptors (Lipinski definition) is 1. The molecule has 1 fully saturated rings. The lowest BCUT2D eigenvalue weighted by atomic mass is 9.90. The quantitative estimate of drug-likeness (QED) is 0.697. The van der Waals surface area contributed by atoms with Crippen molar-refractivity contribution in [3.63, 3.8) is 0 Å². The third kappa shape index (κ3) is 2.83. The fourth-order valence-electron chi connectivity index (χ4n) is 2.10. The molecular weight excluding hydrogens is 196 g/mol. The van der Waals surface area contributed by atoms with E-state index in [1.54, 1.807) is 0 Å². The van der Waals surface area contributed by atoms with Gasteiger partial charge >= 0.3 is 0 Å². The predicted molar refractivity (Wildman–Crippen MR) is 68.2 cm³/mol. The molecule has 1 heteroatoms. The molecule has 0 aliphatic carbocycles. The van der Waals surface area contributed by atoms with E-state index in [-0.39, 0.29) is 0 Å². The summed E-state index contributed by atoms with van der Waals surface area (Å²) in [5.74, 6) is 0.520. The summed E-state index contributed by atoms with van der Waals surface area (Å²) in [4.78, 5) is 0. The van der Waals surface area contributed by atoms with Gasteiger partial charge in [-0.3, -0.25) is 0 Å². The first kappa shape index (κ1) is 11.2. The van der Waals surface area contributed by atoms with E-state index in [1.165, 1.54) is 11.1 Å². The second-order valence-corrected chi connectivity index (χ2v) is 4.18. The summed E-state index contributed by atoms with van der Waals surface area (Å²) in [5.41, 5.74) is 2.78. The first-order valence-electron chi connectivity index (χ1n) is 5.84. The molecule has 1 unspecified atom stereocenters. The van der Waals surface area contributed by atoms with Crippen LogP contribution in [0.25, 0.3) is 6.08 Å². The first-order chi connectivity index (χ1) is 7.90. The Labute approximate surface area is 97.4 Å². The van der Waals surface area contributed by atoms with Crippen LogP contribution in [0.2, 0.25) is 0 Å². The highest BCUT2D eigenvalue weighted by molar-refractivity contribution is 5.53. The van der Waals surface area contributed by atoms with Crippen LogP contribution in [-0.2, 0) is 4.74 Å². The van der Waals surface area contributed by atoms with Crippen molar-refractivity contribution < 1.29 is 4.74 Å². The van der Waals surface area contributed by atoms with E-state index >= 15 is 0 Å². The molecule has 1 heterocycles. The smallest absolute Gasteiger partial charge is 0.0534 e. The van der Waals surface area contributed by atoms with Crippen LogP contribution in [0.5, 0.6) is 0 Å². The van der Waals surface area contributed by atoms with Gasteiger partial charge in [0.05, 0.1) is 13.2 Å². The Morgan fingerprint density at radius 1 is 1.31 bits per heavy atom. The highest BCUT2D eigenvalue weighted by Gasteiger charge is 2.17. The Bertz CT molecular complexity index is 364. The minimum absolute atomic E-state index is 0.520. The maximum atomic E-state index is 5.51. The Morgan fingerprint density at radius 2 is 2.12 bits per heavy atom. The molecule has 0 radical (unpaired) electrons. The van der Waals surface area contributed by atoms with Crippen molar-refractivity contribution in [2.45, 2.75) is 12.8 Å². The summed E-state index contributed by atoms with van der Waals surface area (Å²) in [7, 11) is 0. The lowest BCUT2D eigenvalue weighted by Gasteiger charge is -2.24. The van der Waals surface area contributed by atoms with E-state index in [4.69, 9.17) is 4.74 Å². The summed E-state index contributed by atoms with van der Waals surface area (Å²) in [6, 6.07) is 10.5. The fourth-order valence-corrected chi connectivity index (χ4v) is 2.10. The summed E-state index contributed by atoms with van der Waals surface area (Å²) < 4.78 is 5.51. The van der Waals surface area contributed by atoms with Crippen molar-refractivity contribution in [1.82, 2.24) is 0 Å². The molecule has 1 aliphatic heterocycles. The zero-order valence-corrected chi connectivity index (χ0v) is 9.56. The van der Waals surface area contributed by atoms with Gasteiger partial charge < -0.3 is 4.74 Å². The number of benzene rings is 1. The van der Waals surface area contributed by atoms with E-state index in [2.05, 4.69) is 36.9 Å². The Kier molecular flexibility index (Phi) is 3.95. The topological polar surface area (TPSA) is 9.23 Å². The molecule has 1 aromatic carbocycles. The van der Waals surface area contributed by atoms with E-state index in [9.17, 15) is 0 Å². The standard InChI is InChI=1S/C15H18O/c1-2-6-15-12-16-10-9-14(15)11-13-7-4-3-5-8-13/h2-5,7-8,11,15H,1,6,9-10,12H2/b14-11-. The Balaban J connectivity index is 2.16. The van der Waals surface area contributed by atoms with Gasteiger partial charge in [-0.05, 0) is 18.4 Å². The summed E-state index contributed by atoms with van der Waals surface area (Å²) >= 11 is 0. The molecule has 1 aromatic rings. The van der Waals surface area contributed by atoms with E-state index < -0.39 is 0 Å². The van der Waals surface area contributed by atoms with Crippen LogP contribution in [0.4, 0.5) is 0 Å². The van der Waals surface area contributed by atoms with Gasteiger partial charge in [0.15, 0.2) is 0 Å². The monoisotopic (exact) mass is 214 g/mol. The molecule has 16 heavy (non-hydrogen) atoms. The fraction of sp³-hybridized carbons (Fsp3) is 0.333. The lowest BCUT2D eigenvalue weighted by molar-refractivity contribution is 0.0860. The van der Waals surface area contributed by atoms with E-state index in [0.29, 0.717) is 5.92 Å². The van der Waals surface area contributed by atoms with Gasteiger partial charge in [0.25, 0.3) is 0 Å². The van der Waals surface area contributed by atoms with Crippen LogP contribution in [0, 0.1) is 5.92 Å². The predicted octanol–water partition coefficient (Wildman–Crippen LogP) is 3.68. The average Bonchev–Trinajstić information content (AvgIpc) is 2.33. The third-order valence-corrected chi connectivity index (χ3v) is 2.98. The van der Waals surface area contributed by atoms with Crippen LogP contribution in [-0.4, -0.2) is 13.2 Å². The van der Waals surface area contributed by atoms with Crippen LogP contribution >= 0.6 is 0 Å². The van der Waals surface area contributed by atoms with Gasteiger partial charge in [-0.15, -0.1) is 6.58 Å². The molecule has 0 amide bonds. The molecule has 1 saturated heterocycles. The normalized spacial score (nSPS) is 23.2. The van der Waals surface area contributed by atoms with Gasteiger partial charge in [0.2, 0.25) is 0 Å². The van der Waals surface area contributed by atoms with Gasteiger partial charge in [-0.1, -0.05) is 48.1 Å². The van der Waals surface area contributed by atoms with Gasteiger partial charge in [0, 0.05) is 5.92 Å². The highest BCUT2D eigenvalue weighted by Crippen LogP contribution is 2.26. The van der Waals surface area contributed by atoms with E-state index in [1.807, 2.05) is 12.1 Å². The molecule has 1 nitrogen and oxygen atoms in total. The molecule has 0 aromatic heterocycles. The summed E-state index contributed by atoms with van der Waals surface area (Å²) in [5, 5.41) is 0. The van der Waals surface area contributed by atoms with Crippen LogP contribution in [0.1, 0.15) is 18.4 Å². The highest BCUT2D eigenvalue weighted by atomic mass is 16.5. The minimum atomic E-state index is 0.520. The van der Waals surface area contributed by atoms with Crippen molar-refractivity contribution in [2.24, 2.45) is 5.92 Å². The number of allylic oxidation sites excluding steroid dienone is 1. The molecule has 0 spiro atoms. The van der Waals surface area contributed by atoms with Crippen molar-refractivity contribution in [1.29, 1.82) is 0 Å². The van der Waals surface area contributed by atoms with Gasteiger partial charge in [-0.25, -0.2) is 0 Å². The maximum Gasteiger partial charge on any atom is 0.0534 e. The first-order valence-corrected chi connectivity index (χ1v) is 5.84. The maximum absolute atomic E-state index is 5.51. The molecule has 1 atom stereocenters. The second kappa shape index (κ2) is 5.66. The van der Waals surface area contributed by atoms with E-state index in [0.717, 1.165) is 26.1 Å². The Morgan fingerprint density at radius 3 is 2.88 bits per heavy atom. The summed E-state index contributed by atoms with van der Waals surface area (Å²) in [6.45, 7) is 5.50. The minimum Gasteiger partial charge on any atom is -0.380 e. The van der Waals surface area contributed by atoms with Crippen molar-refractivity contribution in [3.05, 3.63) is 54.1 Å². The van der Waals surface area contributed by atoms with Crippen molar-refractivity contribution in [2.75, 3.05) is 13.2 Å². The molecular formula is C15H18O. The molecule has 0 N–H and O–H groups in total. The zero-order valence-electron chi connectivity index (χ0n) is 9.56.